The van der Waals surface area contributed by atoms with Crippen molar-refractivity contribution >= 4 is 23.4 Å². The van der Waals surface area contributed by atoms with Crippen LogP contribution in [0.25, 0.3) is 0 Å². The number of aliphatic hydroxyl groups excluding tert-OH is 2. The van der Waals surface area contributed by atoms with Crippen LogP contribution in [0.4, 0.5) is 5.69 Å². The zero-order valence-corrected chi connectivity index (χ0v) is 30.1. The molecule has 8 unspecified atom stereocenters. The normalized spacial score (nSPS) is 29.5. The third kappa shape index (κ3) is 8.06. The Balaban J connectivity index is 1.47. The van der Waals surface area contributed by atoms with Gasteiger partial charge in [0.25, 0.3) is 0 Å². The molecule has 0 amide bonds. The molecule has 11 heteroatoms. The highest BCUT2D eigenvalue weighted by Gasteiger charge is 2.53. The van der Waals surface area contributed by atoms with E-state index in [4.69, 9.17) is 9.47 Å². The van der Waals surface area contributed by atoms with E-state index in [0.29, 0.717) is 72.2 Å². The Morgan fingerprint density at radius 3 is 2.54 bits per heavy atom. The molecule has 2 saturated carbocycles. The molecule has 2 fully saturated rings. The van der Waals surface area contributed by atoms with Gasteiger partial charge in [0.1, 0.15) is 29.0 Å². The number of phenols is 1. The topological polar surface area (TPSA) is 175 Å². The zero-order valence-electron chi connectivity index (χ0n) is 30.1. The molecule has 6 rings (SSSR count). The molecule has 2 bridgehead atoms. The molecule has 0 radical (unpaired) electrons. The number of cyclic esters (lactones) is 1. The molecule has 0 spiro atoms. The summed E-state index contributed by atoms with van der Waals surface area (Å²) in [6.45, 7) is 3.97. The summed E-state index contributed by atoms with van der Waals surface area (Å²) in [5.41, 5.74) is 1.91. The van der Waals surface area contributed by atoms with Crippen molar-refractivity contribution in [3.05, 3.63) is 64.2 Å². The summed E-state index contributed by atoms with van der Waals surface area (Å²) in [6.07, 6.45) is 2.38. The summed E-state index contributed by atoms with van der Waals surface area (Å²) in [7, 11) is 1.74. The third-order valence-electron chi connectivity index (χ3n) is 11.2. The van der Waals surface area contributed by atoms with Gasteiger partial charge in [0, 0.05) is 61.2 Å². The SMILES string of the molecule is CC=C1CC(c2cc(NCC(C)O)cc(C(O)CNC)c2)C#CC2CC(=O)Oc3cc(O)c(cc32)CC(C2(O)CCCC3CC(=O)CCC32)OC1=O. The van der Waals surface area contributed by atoms with Gasteiger partial charge in [0.05, 0.1) is 24.5 Å². The summed E-state index contributed by atoms with van der Waals surface area (Å²) in [5, 5.41) is 51.0. The lowest BCUT2D eigenvalue weighted by Crippen LogP contribution is -2.57. The molecular formula is C41H50N2O9. The Morgan fingerprint density at radius 2 is 1.79 bits per heavy atom. The number of carbonyl (C=O) groups excluding carboxylic acids is 3. The highest BCUT2D eigenvalue weighted by molar-refractivity contribution is 5.89. The van der Waals surface area contributed by atoms with E-state index in [1.54, 1.807) is 33.0 Å². The lowest BCUT2D eigenvalue weighted by molar-refractivity contribution is -0.187. The number of benzene rings is 2. The smallest absolute Gasteiger partial charge is 0.334 e. The first kappa shape index (κ1) is 37.5. The minimum atomic E-state index is -1.44. The second-order valence-electron chi connectivity index (χ2n) is 14.9. The van der Waals surface area contributed by atoms with Crippen molar-refractivity contribution in [3.63, 3.8) is 0 Å². The molecule has 6 N–H and O–H groups in total. The summed E-state index contributed by atoms with van der Waals surface area (Å²) < 4.78 is 11.9. The first-order valence-corrected chi connectivity index (χ1v) is 18.5. The van der Waals surface area contributed by atoms with Crippen LogP contribution in [0.15, 0.2) is 42.0 Å². The second-order valence-corrected chi connectivity index (χ2v) is 14.9. The van der Waals surface area contributed by atoms with Crippen molar-refractivity contribution in [1.29, 1.82) is 0 Å². The van der Waals surface area contributed by atoms with Gasteiger partial charge in [-0.2, -0.15) is 0 Å². The first-order valence-electron chi connectivity index (χ1n) is 18.5. The maximum absolute atomic E-state index is 14.3. The molecule has 278 valence electrons. The van der Waals surface area contributed by atoms with Crippen LogP contribution in [-0.4, -0.2) is 76.1 Å². The van der Waals surface area contributed by atoms with Crippen molar-refractivity contribution in [2.45, 2.75) is 107 Å². The lowest BCUT2D eigenvalue weighted by Gasteiger charge is -2.50. The fraction of sp³-hybridized carbons (Fsp3) is 0.537. The predicted octanol–water partition coefficient (Wildman–Crippen LogP) is 4.32. The van der Waals surface area contributed by atoms with Gasteiger partial charge in [-0.1, -0.05) is 30.4 Å². The summed E-state index contributed by atoms with van der Waals surface area (Å²) in [5.74, 6) is 4.33. The molecule has 4 aliphatic rings. The lowest BCUT2D eigenvalue weighted by atomic mass is 9.60. The van der Waals surface area contributed by atoms with E-state index in [0.717, 1.165) is 6.42 Å². The monoisotopic (exact) mass is 714 g/mol. The van der Waals surface area contributed by atoms with E-state index >= 15 is 0 Å². The number of likely N-dealkylation sites (N-methyl/N-ethyl adjacent to an activating group) is 1. The molecule has 2 aromatic carbocycles. The molecule has 2 aliphatic carbocycles. The number of fused-ring (bicyclic) bond motifs is 2. The summed E-state index contributed by atoms with van der Waals surface area (Å²) in [4.78, 5) is 39.5. The van der Waals surface area contributed by atoms with Gasteiger partial charge >= 0.3 is 11.9 Å². The number of Topliss-reactive ketones (excluding diaryl/α,β-unsaturated/α-hetero) is 1. The number of ketones is 1. The number of rotatable bonds is 8. The number of hydrogen-bond acceptors (Lipinski definition) is 11. The number of hydrogen-bond donors (Lipinski definition) is 6. The maximum atomic E-state index is 14.3. The first-order chi connectivity index (χ1) is 24.9. The summed E-state index contributed by atoms with van der Waals surface area (Å²) >= 11 is 0. The van der Waals surface area contributed by atoms with Crippen molar-refractivity contribution in [3.8, 4) is 23.3 Å². The van der Waals surface area contributed by atoms with E-state index in [1.807, 2.05) is 18.2 Å². The molecule has 2 aromatic rings. The van der Waals surface area contributed by atoms with Gasteiger partial charge in [-0.25, -0.2) is 4.79 Å². The van der Waals surface area contributed by atoms with Gasteiger partial charge in [-0.3, -0.25) is 9.59 Å². The number of ether oxygens (including phenoxy) is 2. The molecule has 52 heavy (non-hydrogen) atoms. The van der Waals surface area contributed by atoms with Gasteiger partial charge in [0.2, 0.25) is 0 Å². The fourth-order valence-electron chi connectivity index (χ4n) is 8.48. The van der Waals surface area contributed by atoms with Gasteiger partial charge in [-0.05, 0) is 93.3 Å². The van der Waals surface area contributed by atoms with Crippen molar-refractivity contribution < 1.29 is 44.3 Å². The van der Waals surface area contributed by atoms with E-state index in [-0.39, 0.29) is 54.9 Å². The van der Waals surface area contributed by atoms with E-state index in [1.165, 1.54) is 6.07 Å². The highest BCUT2D eigenvalue weighted by atomic mass is 16.6. The Kier molecular flexibility index (Phi) is 11.4. The van der Waals surface area contributed by atoms with Crippen LogP contribution in [0.1, 0.15) is 105 Å². The number of carbonyl (C=O) groups is 3. The fourth-order valence-corrected chi connectivity index (χ4v) is 8.48. The van der Waals surface area contributed by atoms with Gasteiger partial charge < -0.3 is 40.5 Å². The number of anilines is 1. The Labute approximate surface area is 304 Å². The number of allylic oxidation sites excluding steroid dienone is 1. The number of aromatic hydroxyl groups is 1. The Hall–Kier alpha value is -4.21. The molecule has 0 saturated heterocycles. The predicted molar refractivity (Wildman–Crippen MR) is 194 cm³/mol. The van der Waals surface area contributed by atoms with Crippen LogP contribution >= 0.6 is 0 Å². The van der Waals surface area contributed by atoms with E-state index in [2.05, 4.69) is 22.5 Å². The number of nitrogens with one attached hydrogen (secondary N) is 2. The van der Waals surface area contributed by atoms with E-state index < -0.39 is 47.7 Å². The molecule has 11 nitrogen and oxygen atoms in total. The van der Waals surface area contributed by atoms with Crippen molar-refractivity contribution in [1.82, 2.24) is 5.32 Å². The van der Waals surface area contributed by atoms with Crippen molar-refractivity contribution in [2.75, 3.05) is 25.5 Å². The van der Waals surface area contributed by atoms with Crippen LogP contribution in [0.3, 0.4) is 0 Å². The van der Waals surface area contributed by atoms with Crippen LogP contribution in [0.5, 0.6) is 11.5 Å². The molecule has 8 atom stereocenters. The van der Waals surface area contributed by atoms with Crippen LogP contribution in [0.2, 0.25) is 0 Å². The van der Waals surface area contributed by atoms with E-state index in [9.17, 15) is 34.8 Å². The number of esters is 2. The van der Waals surface area contributed by atoms with Gasteiger partial charge in [0.15, 0.2) is 0 Å². The minimum absolute atomic E-state index is 0.0107. The van der Waals surface area contributed by atoms with Gasteiger partial charge in [-0.15, -0.1) is 0 Å². The average Bonchev–Trinajstić information content (AvgIpc) is 3.11. The van der Waals surface area contributed by atoms with Crippen LogP contribution in [0, 0.1) is 23.7 Å². The quantitative estimate of drug-likeness (QED) is 0.0995. The maximum Gasteiger partial charge on any atom is 0.334 e. The number of aliphatic hydroxyl groups is 3. The zero-order chi connectivity index (χ0) is 37.2. The largest absolute Gasteiger partial charge is 0.508 e. The Bertz CT molecular complexity index is 1790. The van der Waals surface area contributed by atoms with Crippen LogP contribution < -0.4 is 15.4 Å². The highest BCUT2D eigenvalue weighted by Crippen LogP contribution is 2.49. The molecule has 2 aliphatic heterocycles. The second kappa shape index (κ2) is 15.8. The Morgan fingerprint density at radius 1 is 1.00 bits per heavy atom. The molecular weight excluding hydrogens is 664 g/mol. The van der Waals surface area contributed by atoms with Crippen molar-refractivity contribution in [2.24, 2.45) is 11.8 Å². The number of phenolic OH excluding ortho intramolecular Hbond substituents is 1. The summed E-state index contributed by atoms with van der Waals surface area (Å²) in [6, 6.07) is 8.67. The molecule has 0 aromatic heterocycles. The standard InChI is InChI=1S/C41H50N2O9/c1-4-24-12-25(28-13-29(36(47)22-42-3)15-31(14-28)43-21-23(2)44)7-8-26-19-39(48)51-37-20-35(46)30(17-33(26)37)18-38(52-40(24)49)41(50)11-5-6-27-16-32(45)9-10-34(27)41/h4,13-15,17,20,23,25-27,34,36,38,42-44,46-47,50H,5-6,9-12,16,18-19,21-22H2,1-3H3. The third-order valence-corrected chi connectivity index (χ3v) is 11.2. The minimum Gasteiger partial charge on any atom is -0.508 e. The molecule has 2 heterocycles. The average molecular weight is 715 g/mol. The van der Waals surface area contributed by atoms with Crippen LogP contribution in [-0.2, 0) is 25.5 Å².